The predicted molar refractivity (Wildman–Crippen MR) is 124 cm³/mol. The molecule has 0 aliphatic rings. The number of nitrogens with one attached hydrogen (secondary N) is 1. The van der Waals surface area contributed by atoms with E-state index in [4.69, 9.17) is 0 Å². The van der Waals surface area contributed by atoms with Crippen LogP contribution in [0.1, 0.15) is 43.3 Å². The van der Waals surface area contributed by atoms with E-state index in [0.29, 0.717) is 5.69 Å². The smallest absolute Gasteiger partial charge is 0.266 e. The zero-order valence-electron chi connectivity index (χ0n) is 18.5. The number of aromatic hydroxyl groups is 1. The Labute approximate surface area is 183 Å². The minimum Gasteiger partial charge on any atom is -0.508 e. The molecule has 0 saturated carbocycles. The molecule has 2 aromatic carbocycles. The molecule has 158 valence electrons. The average Bonchev–Trinajstić information content (AvgIpc) is 3.00. The Morgan fingerprint density at radius 1 is 1.06 bits per heavy atom. The number of hydrogen-bond acceptors (Lipinski definition) is 3. The number of phenolic OH excluding ortho intramolecular Hbond substituents is 1. The van der Waals surface area contributed by atoms with Crippen LogP contribution in [0.3, 0.4) is 0 Å². The molecule has 0 spiro atoms. The van der Waals surface area contributed by atoms with Gasteiger partial charge < -0.3 is 15.0 Å². The van der Waals surface area contributed by atoms with Crippen LogP contribution < -0.4 is 5.32 Å². The lowest BCUT2D eigenvalue weighted by Crippen LogP contribution is -2.13. The maximum absolute atomic E-state index is 12.6. The van der Waals surface area contributed by atoms with Crippen LogP contribution in [0.25, 0.3) is 11.8 Å². The van der Waals surface area contributed by atoms with Gasteiger partial charge in [0.2, 0.25) is 0 Å². The number of rotatable bonds is 4. The molecule has 3 rings (SSSR count). The van der Waals surface area contributed by atoms with Gasteiger partial charge in [-0.3, -0.25) is 4.79 Å². The Kier molecular flexibility index (Phi) is 6.03. The Morgan fingerprint density at radius 3 is 2.23 bits per heavy atom. The van der Waals surface area contributed by atoms with Gasteiger partial charge in [-0.05, 0) is 78.9 Å². The Morgan fingerprint density at radius 2 is 1.68 bits per heavy atom. The number of benzene rings is 2. The molecule has 2 N–H and O–H groups in total. The van der Waals surface area contributed by atoms with Crippen molar-refractivity contribution >= 4 is 17.7 Å². The molecule has 0 radical (unpaired) electrons. The van der Waals surface area contributed by atoms with Gasteiger partial charge in [0.1, 0.15) is 17.4 Å². The summed E-state index contributed by atoms with van der Waals surface area (Å²) in [6.07, 6.45) is 1.61. The van der Waals surface area contributed by atoms with Gasteiger partial charge in [-0.15, -0.1) is 0 Å². The second-order valence-corrected chi connectivity index (χ2v) is 8.63. The van der Waals surface area contributed by atoms with Gasteiger partial charge in [0, 0.05) is 22.8 Å². The second kappa shape index (κ2) is 8.53. The van der Waals surface area contributed by atoms with Gasteiger partial charge in [-0.25, -0.2) is 0 Å². The van der Waals surface area contributed by atoms with Crippen molar-refractivity contribution in [2.45, 2.75) is 40.0 Å². The van der Waals surface area contributed by atoms with Crippen LogP contribution in [-0.4, -0.2) is 15.6 Å². The first-order chi connectivity index (χ1) is 14.6. The number of nitriles is 1. The fourth-order valence-electron chi connectivity index (χ4n) is 3.49. The largest absolute Gasteiger partial charge is 0.508 e. The first-order valence-electron chi connectivity index (χ1n) is 10.1. The van der Waals surface area contributed by atoms with E-state index in [9.17, 15) is 15.2 Å². The molecule has 5 heteroatoms. The van der Waals surface area contributed by atoms with E-state index in [1.165, 1.54) is 17.7 Å². The summed E-state index contributed by atoms with van der Waals surface area (Å²) in [5.41, 5.74) is 5.68. The van der Waals surface area contributed by atoms with Crippen molar-refractivity contribution in [3.05, 3.63) is 82.7 Å². The van der Waals surface area contributed by atoms with E-state index in [2.05, 4.69) is 54.9 Å². The van der Waals surface area contributed by atoms with E-state index in [-0.39, 0.29) is 16.7 Å². The molecule has 0 aliphatic heterocycles. The number of hydrogen-bond donors (Lipinski definition) is 2. The Bertz CT molecular complexity index is 1170. The van der Waals surface area contributed by atoms with Gasteiger partial charge >= 0.3 is 0 Å². The fourth-order valence-corrected chi connectivity index (χ4v) is 3.49. The first kappa shape index (κ1) is 21.9. The number of phenols is 1. The Hall–Kier alpha value is -3.78. The van der Waals surface area contributed by atoms with E-state index in [1.54, 1.807) is 18.2 Å². The maximum Gasteiger partial charge on any atom is 0.266 e. The lowest BCUT2D eigenvalue weighted by molar-refractivity contribution is -0.112. The lowest BCUT2D eigenvalue weighted by Gasteiger charge is -2.20. The SMILES string of the molecule is Cc1cc(/C=C(/C#N)C(=O)Nc2ccc(O)cc2)c(C)n1-c1ccc(C(C)(C)C)cc1. The zero-order chi connectivity index (χ0) is 22.8. The van der Waals surface area contributed by atoms with Crippen LogP contribution in [0.2, 0.25) is 0 Å². The molecule has 1 heterocycles. The highest BCUT2D eigenvalue weighted by molar-refractivity contribution is 6.09. The third-order valence-electron chi connectivity index (χ3n) is 5.25. The van der Waals surface area contributed by atoms with Crippen LogP contribution in [0.15, 0.2) is 60.2 Å². The fraction of sp³-hybridized carbons (Fsp3) is 0.231. The summed E-state index contributed by atoms with van der Waals surface area (Å²) in [7, 11) is 0. The van der Waals surface area contributed by atoms with Crippen molar-refractivity contribution in [1.29, 1.82) is 5.26 Å². The summed E-state index contributed by atoms with van der Waals surface area (Å²) in [5.74, 6) is -0.385. The summed E-state index contributed by atoms with van der Waals surface area (Å²) in [6, 6.07) is 18.5. The van der Waals surface area contributed by atoms with E-state index in [0.717, 1.165) is 22.6 Å². The van der Waals surface area contributed by atoms with Crippen LogP contribution >= 0.6 is 0 Å². The molecular weight excluding hydrogens is 386 g/mol. The van der Waals surface area contributed by atoms with Crippen molar-refractivity contribution in [3.8, 4) is 17.5 Å². The third kappa shape index (κ3) is 4.87. The predicted octanol–water partition coefficient (Wildman–Crippen LogP) is 5.64. The molecular formula is C26H27N3O2. The van der Waals surface area contributed by atoms with Gasteiger partial charge in [-0.2, -0.15) is 5.26 Å². The van der Waals surface area contributed by atoms with E-state index in [1.807, 2.05) is 26.0 Å². The number of carbonyl (C=O) groups excluding carboxylic acids is 1. The van der Waals surface area contributed by atoms with Crippen LogP contribution in [0.4, 0.5) is 5.69 Å². The normalized spacial score (nSPS) is 11.8. The molecule has 3 aromatic rings. The lowest BCUT2D eigenvalue weighted by atomic mass is 9.87. The van der Waals surface area contributed by atoms with Gasteiger partial charge in [0.15, 0.2) is 0 Å². The number of aryl methyl sites for hydroxylation is 1. The molecule has 31 heavy (non-hydrogen) atoms. The molecule has 0 atom stereocenters. The summed E-state index contributed by atoms with van der Waals surface area (Å²) in [5, 5.41) is 21.6. The number of anilines is 1. The van der Waals surface area contributed by atoms with E-state index >= 15 is 0 Å². The number of amides is 1. The van der Waals surface area contributed by atoms with E-state index < -0.39 is 5.91 Å². The molecule has 1 amide bonds. The Balaban J connectivity index is 1.91. The standard InChI is InChI=1S/C26H27N3O2/c1-17-14-19(15-20(16-27)25(31)28-22-8-12-24(30)13-9-22)18(2)29(17)23-10-6-21(7-11-23)26(3,4)5/h6-15,30H,1-5H3,(H,28,31)/b20-15-. The van der Waals surface area contributed by atoms with Gasteiger partial charge in [-0.1, -0.05) is 32.9 Å². The van der Waals surface area contributed by atoms with Crippen molar-refractivity contribution < 1.29 is 9.90 Å². The van der Waals surface area contributed by atoms with Gasteiger partial charge in [0.05, 0.1) is 0 Å². The molecule has 0 aliphatic carbocycles. The van der Waals surface area contributed by atoms with Crippen molar-refractivity contribution in [2.75, 3.05) is 5.32 Å². The minimum absolute atomic E-state index is 0.0106. The zero-order valence-corrected chi connectivity index (χ0v) is 18.5. The van der Waals surface area contributed by atoms with Crippen molar-refractivity contribution in [2.24, 2.45) is 0 Å². The highest BCUT2D eigenvalue weighted by Gasteiger charge is 2.16. The highest BCUT2D eigenvalue weighted by atomic mass is 16.3. The van der Waals surface area contributed by atoms with Gasteiger partial charge in [0.25, 0.3) is 5.91 Å². The maximum atomic E-state index is 12.6. The quantitative estimate of drug-likeness (QED) is 0.330. The molecule has 0 bridgehead atoms. The third-order valence-corrected chi connectivity index (χ3v) is 5.25. The minimum atomic E-state index is -0.493. The van der Waals surface area contributed by atoms with Crippen molar-refractivity contribution in [1.82, 2.24) is 4.57 Å². The van der Waals surface area contributed by atoms with Crippen LogP contribution in [0, 0.1) is 25.2 Å². The second-order valence-electron chi connectivity index (χ2n) is 8.63. The molecule has 0 fully saturated rings. The number of nitrogens with zero attached hydrogens (tertiary/aromatic N) is 2. The summed E-state index contributed by atoms with van der Waals surface area (Å²) >= 11 is 0. The van der Waals surface area contributed by atoms with Crippen molar-refractivity contribution in [3.63, 3.8) is 0 Å². The average molecular weight is 414 g/mol. The molecule has 0 saturated heterocycles. The number of carbonyl (C=O) groups is 1. The van der Waals surface area contributed by atoms with Crippen LogP contribution in [0.5, 0.6) is 5.75 Å². The molecule has 1 aromatic heterocycles. The summed E-state index contributed by atoms with van der Waals surface area (Å²) in [6.45, 7) is 10.5. The topological polar surface area (TPSA) is 78.1 Å². The molecule has 0 unspecified atom stereocenters. The summed E-state index contributed by atoms with van der Waals surface area (Å²) in [4.78, 5) is 12.6. The molecule has 5 nitrogen and oxygen atoms in total. The highest BCUT2D eigenvalue weighted by Crippen LogP contribution is 2.27. The monoisotopic (exact) mass is 413 g/mol. The van der Waals surface area contributed by atoms with Crippen LogP contribution in [-0.2, 0) is 10.2 Å². The first-order valence-corrected chi connectivity index (χ1v) is 10.1. The number of aromatic nitrogens is 1. The summed E-state index contributed by atoms with van der Waals surface area (Å²) < 4.78 is 2.12.